The van der Waals surface area contributed by atoms with Gasteiger partial charge in [0.05, 0.1) is 17.5 Å². The van der Waals surface area contributed by atoms with Gasteiger partial charge in [-0.25, -0.2) is 13.6 Å². The van der Waals surface area contributed by atoms with Crippen molar-refractivity contribution >= 4 is 28.3 Å². The van der Waals surface area contributed by atoms with Crippen LogP contribution in [-0.2, 0) is 14.8 Å². The van der Waals surface area contributed by atoms with E-state index in [1.54, 1.807) is 24.1 Å². The number of hydrogen-bond acceptors (Lipinski definition) is 4. The van der Waals surface area contributed by atoms with E-state index in [9.17, 15) is 13.2 Å². The maximum Gasteiger partial charge on any atom is 0.238 e. The second kappa shape index (κ2) is 8.10. The molecule has 23 heavy (non-hydrogen) atoms. The predicted molar refractivity (Wildman–Crippen MR) is 91.8 cm³/mol. The van der Waals surface area contributed by atoms with Crippen molar-refractivity contribution < 1.29 is 13.2 Å². The highest BCUT2D eigenvalue weighted by Crippen LogP contribution is 2.27. The Hall–Kier alpha value is -1.15. The van der Waals surface area contributed by atoms with E-state index in [0.29, 0.717) is 6.54 Å². The molecule has 1 aromatic carbocycles. The van der Waals surface area contributed by atoms with Crippen molar-refractivity contribution in [2.75, 3.05) is 20.1 Å². The summed E-state index contributed by atoms with van der Waals surface area (Å²) in [6.07, 6.45) is 2.51. The summed E-state index contributed by atoms with van der Waals surface area (Å²) in [5, 5.41) is 8.25. The first kappa shape index (κ1) is 19.9. The first-order valence-corrected chi connectivity index (χ1v) is 8.93. The summed E-state index contributed by atoms with van der Waals surface area (Å²) in [4.78, 5) is 13.9. The summed E-state index contributed by atoms with van der Waals surface area (Å²) in [6.45, 7) is 3.13. The van der Waals surface area contributed by atoms with Crippen LogP contribution in [0.2, 0.25) is 0 Å². The van der Waals surface area contributed by atoms with E-state index in [1.807, 2.05) is 6.92 Å². The first-order valence-electron chi connectivity index (χ1n) is 7.38. The minimum Gasteiger partial charge on any atom is -0.338 e. The number of primary sulfonamides is 1. The fourth-order valence-corrected chi connectivity index (χ4v) is 2.72. The normalized spacial score (nSPS) is 15.6. The molecule has 1 fully saturated rings. The van der Waals surface area contributed by atoms with Gasteiger partial charge >= 0.3 is 0 Å². The fraction of sp³-hybridized carbons (Fsp3) is 0.533. The number of amides is 1. The molecule has 1 saturated carbocycles. The van der Waals surface area contributed by atoms with Gasteiger partial charge in [-0.05, 0) is 49.9 Å². The number of nitrogens with one attached hydrogen (secondary N) is 1. The Bertz CT molecular complexity index is 630. The van der Waals surface area contributed by atoms with E-state index in [4.69, 9.17) is 5.14 Å². The number of rotatable bonds is 7. The maximum absolute atomic E-state index is 12.1. The van der Waals surface area contributed by atoms with Crippen LogP contribution in [-0.4, -0.2) is 39.4 Å². The Morgan fingerprint density at radius 1 is 1.35 bits per heavy atom. The summed E-state index contributed by atoms with van der Waals surface area (Å²) < 4.78 is 22.5. The van der Waals surface area contributed by atoms with Crippen LogP contribution in [0.25, 0.3) is 0 Å². The molecule has 0 radical (unpaired) electrons. The molecule has 1 atom stereocenters. The van der Waals surface area contributed by atoms with Crippen LogP contribution in [0.5, 0.6) is 0 Å². The van der Waals surface area contributed by atoms with E-state index in [0.717, 1.165) is 18.0 Å². The van der Waals surface area contributed by atoms with E-state index < -0.39 is 10.0 Å². The molecule has 8 heteroatoms. The molecule has 0 bridgehead atoms. The lowest BCUT2D eigenvalue weighted by Gasteiger charge is -2.25. The minimum atomic E-state index is -3.69. The lowest BCUT2D eigenvalue weighted by Crippen LogP contribution is -2.37. The highest BCUT2D eigenvalue weighted by molar-refractivity contribution is 7.89. The molecule has 0 heterocycles. The Labute approximate surface area is 143 Å². The molecule has 0 aliphatic heterocycles. The van der Waals surface area contributed by atoms with Gasteiger partial charge in [0, 0.05) is 7.05 Å². The van der Waals surface area contributed by atoms with Crippen molar-refractivity contribution in [2.45, 2.75) is 30.7 Å². The van der Waals surface area contributed by atoms with Crippen molar-refractivity contribution in [1.29, 1.82) is 0 Å². The molecule has 1 unspecified atom stereocenters. The van der Waals surface area contributed by atoms with Gasteiger partial charge in [-0.2, -0.15) is 0 Å². The summed E-state index contributed by atoms with van der Waals surface area (Å²) in [5.41, 5.74) is 0.866. The Kier molecular flexibility index (Phi) is 7.01. The molecule has 1 aliphatic rings. The number of carbonyl (C=O) groups excluding carboxylic acids is 1. The number of benzene rings is 1. The minimum absolute atomic E-state index is 0. The second-order valence-corrected chi connectivity index (χ2v) is 7.43. The van der Waals surface area contributed by atoms with Gasteiger partial charge in [0.15, 0.2) is 0 Å². The number of nitrogens with zero attached hydrogens (tertiary/aromatic N) is 1. The predicted octanol–water partition coefficient (Wildman–Crippen LogP) is 1.27. The number of sulfonamides is 1. The van der Waals surface area contributed by atoms with Crippen molar-refractivity contribution in [3.8, 4) is 0 Å². The third-order valence-corrected chi connectivity index (χ3v) is 5.00. The lowest BCUT2D eigenvalue weighted by molar-refractivity contribution is -0.130. The fourth-order valence-electron chi connectivity index (χ4n) is 2.21. The molecule has 130 valence electrons. The van der Waals surface area contributed by atoms with Crippen LogP contribution < -0.4 is 10.5 Å². The van der Waals surface area contributed by atoms with Crippen LogP contribution in [0.1, 0.15) is 31.4 Å². The van der Waals surface area contributed by atoms with E-state index in [1.165, 1.54) is 25.0 Å². The zero-order valence-corrected chi connectivity index (χ0v) is 15.0. The number of nitrogens with two attached hydrogens (primary N) is 1. The molecule has 6 nitrogen and oxygen atoms in total. The number of carbonyl (C=O) groups is 1. The summed E-state index contributed by atoms with van der Waals surface area (Å²) in [7, 11) is -1.94. The number of hydrogen-bond donors (Lipinski definition) is 2. The second-order valence-electron chi connectivity index (χ2n) is 5.87. The quantitative estimate of drug-likeness (QED) is 0.765. The molecule has 1 aromatic rings. The van der Waals surface area contributed by atoms with E-state index in [-0.39, 0.29) is 29.3 Å². The van der Waals surface area contributed by atoms with E-state index >= 15 is 0 Å². The summed E-state index contributed by atoms with van der Waals surface area (Å²) in [6, 6.07) is 6.16. The SMILES string of the molecule is CC(c1ccc(S(N)(=O)=O)cc1)N(C)C(=O)CNCC1CC1.Cl. The average molecular weight is 362 g/mol. The van der Waals surface area contributed by atoms with Crippen molar-refractivity contribution in [1.82, 2.24) is 10.2 Å². The van der Waals surface area contributed by atoms with Gasteiger partial charge in [-0.15, -0.1) is 12.4 Å². The maximum atomic E-state index is 12.1. The molecular weight excluding hydrogens is 338 g/mol. The average Bonchev–Trinajstić information content (AvgIpc) is 3.29. The van der Waals surface area contributed by atoms with Crippen LogP contribution in [0.3, 0.4) is 0 Å². The van der Waals surface area contributed by atoms with Gasteiger partial charge in [-0.3, -0.25) is 4.79 Å². The zero-order valence-electron chi connectivity index (χ0n) is 13.4. The molecule has 1 amide bonds. The number of likely N-dealkylation sites (N-methyl/N-ethyl adjacent to an activating group) is 1. The van der Waals surface area contributed by atoms with Crippen LogP contribution in [0.4, 0.5) is 0 Å². The Balaban J connectivity index is 0.00000264. The highest BCUT2D eigenvalue weighted by Gasteiger charge is 2.22. The van der Waals surface area contributed by atoms with Crippen LogP contribution in [0, 0.1) is 5.92 Å². The van der Waals surface area contributed by atoms with Crippen LogP contribution >= 0.6 is 12.4 Å². The molecule has 0 saturated heterocycles. The van der Waals surface area contributed by atoms with Crippen molar-refractivity contribution in [3.63, 3.8) is 0 Å². The van der Waals surface area contributed by atoms with Crippen molar-refractivity contribution in [2.24, 2.45) is 11.1 Å². The molecule has 1 aliphatic carbocycles. The van der Waals surface area contributed by atoms with Gasteiger partial charge in [0.2, 0.25) is 15.9 Å². The van der Waals surface area contributed by atoms with Crippen LogP contribution in [0.15, 0.2) is 29.2 Å². The molecular formula is C15H24ClN3O3S. The summed E-state index contributed by atoms with van der Waals surface area (Å²) in [5.74, 6) is 0.755. The topological polar surface area (TPSA) is 92.5 Å². The first-order chi connectivity index (χ1) is 10.3. The third kappa shape index (κ3) is 5.76. The molecule has 0 spiro atoms. The van der Waals surface area contributed by atoms with Gasteiger partial charge in [0.1, 0.15) is 0 Å². The summed E-state index contributed by atoms with van der Waals surface area (Å²) >= 11 is 0. The Morgan fingerprint density at radius 2 is 1.91 bits per heavy atom. The lowest BCUT2D eigenvalue weighted by atomic mass is 10.1. The number of halogens is 1. The largest absolute Gasteiger partial charge is 0.338 e. The van der Waals surface area contributed by atoms with Gasteiger partial charge < -0.3 is 10.2 Å². The molecule has 2 rings (SSSR count). The monoisotopic (exact) mass is 361 g/mol. The zero-order chi connectivity index (χ0) is 16.3. The highest BCUT2D eigenvalue weighted by atomic mass is 35.5. The van der Waals surface area contributed by atoms with E-state index in [2.05, 4.69) is 5.32 Å². The third-order valence-electron chi connectivity index (χ3n) is 4.07. The van der Waals surface area contributed by atoms with Gasteiger partial charge in [0.25, 0.3) is 0 Å². The molecule has 3 N–H and O–H groups in total. The smallest absolute Gasteiger partial charge is 0.238 e. The Morgan fingerprint density at radius 3 is 2.39 bits per heavy atom. The standard InChI is InChI=1S/C15H23N3O3S.ClH/c1-11(13-5-7-14(8-6-13)22(16,20)21)18(2)15(19)10-17-9-12-3-4-12;/h5-8,11-12,17H,3-4,9-10H2,1-2H3,(H2,16,20,21);1H. The van der Waals surface area contributed by atoms with Crippen molar-refractivity contribution in [3.05, 3.63) is 29.8 Å². The van der Waals surface area contributed by atoms with Gasteiger partial charge in [-0.1, -0.05) is 12.1 Å². The molecule has 0 aromatic heterocycles.